The summed E-state index contributed by atoms with van der Waals surface area (Å²) in [6.45, 7) is 0. The van der Waals surface area contributed by atoms with Crippen LogP contribution in [-0.2, 0) is 5.88 Å². The number of rotatable bonds is 1. The van der Waals surface area contributed by atoms with E-state index in [9.17, 15) is 0 Å². The van der Waals surface area contributed by atoms with Crippen molar-refractivity contribution in [1.29, 1.82) is 0 Å². The Morgan fingerprint density at radius 1 is 1.56 bits per heavy atom. The summed E-state index contributed by atoms with van der Waals surface area (Å²) >= 11 is 8.65. The van der Waals surface area contributed by atoms with Gasteiger partial charge in [0.2, 0.25) is 0 Å². The topological polar surface area (TPSA) is 25.8 Å². The molecule has 9 heavy (non-hydrogen) atoms. The zero-order valence-electron chi connectivity index (χ0n) is 4.51. The maximum absolute atomic E-state index is 5.48. The summed E-state index contributed by atoms with van der Waals surface area (Å²) in [5, 5.41) is 0. The van der Waals surface area contributed by atoms with Gasteiger partial charge in [-0.1, -0.05) is 0 Å². The summed E-state index contributed by atoms with van der Waals surface area (Å²) in [4.78, 5) is 7.88. The minimum absolute atomic E-state index is 0.409. The van der Waals surface area contributed by atoms with Crippen molar-refractivity contribution in [2.75, 3.05) is 0 Å². The molecule has 1 heterocycles. The first-order valence-corrected chi connectivity index (χ1v) is 3.68. The third-order valence-electron chi connectivity index (χ3n) is 0.792. The van der Waals surface area contributed by atoms with Gasteiger partial charge in [0.25, 0.3) is 0 Å². The Bertz CT molecular complexity index is 204. The second-order valence-corrected chi connectivity index (χ2v) is 2.55. The molecule has 0 aliphatic rings. The van der Waals surface area contributed by atoms with Gasteiger partial charge >= 0.3 is 0 Å². The first-order chi connectivity index (χ1) is 4.33. The molecule has 1 rings (SSSR count). The van der Waals surface area contributed by atoms with Gasteiger partial charge in [0, 0.05) is 6.20 Å². The lowest BCUT2D eigenvalue weighted by Crippen LogP contribution is -1.86. The molecule has 0 fully saturated rings. The van der Waals surface area contributed by atoms with Crippen LogP contribution in [-0.4, -0.2) is 9.97 Å². The van der Waals surface area contributed by atoms with Crippen LogP contribution in [0.15, 0.2) is 17.0 Å². The van der Waals surface area contributed by atoms with E-state index in [1.807, 2.05) is 0 Å². The number of hydrogen-bond acceptors (Lipinski definition) is 2. The van der Waals surface area contributed by atoms with Crippen LogP contribution in [0, 0.1) is 0 Å². The Kier molecular flexibility index (Phi) is 2.42. The van der Waals surface area contributed by atoms with Crippen LogP contribution in [0.2, 0.25) is 0 Å². The molecule has 2 nitrogen and oxygen atoms in total. The van der Waals surface area contributed by atoms with Crippen molar-refractivity contribution in [1.82, 2.24) is 9.97 Å². The van der Waals surface area contributed by atoms with Crippen LogP contribution < -0.4 is 0 Å². The molecule has 0 saturated carbocycles. The van der Waals surface area contributed by atoms with Gasteiger partial charge in [-0.05, 0) is 15.9 Å². The lowest BCUT2D eigenvalue weighted by atomic mass is 10.5. The lowest BCUT2D eigenvalue weighted by Gasteiger charge is -1.91. The monoisotopic (exact) mass is 206 g/mol. The minimum atomic E-state index is 0.409. The SMILES string of the molecule is ClCc1cncc(Br)n1. The molecule has 48 valence electrons. The zero-order valence-corrected chi connectivity index (χ0v) is 6.85. The molecule has 0 amide bonds. The predicted octanol–water partition coefficient (Wildman–Crippen LogP) is 1.98. The maximum atomic E-state index is 5.48. The highest BCUT2D eigenvalue weighted by Gasteiger charge is 1.91. The van der Waals surface area contributed by atoms with Gasteiger partial charge in [-0.3, -0.25) is 4.98 Å². The molecule has 0 atom stereocenters. The van der Waals surface area contributed by atoms with Gasteiger partial charge in [0.1, 0.15) is 4.60 Å². The normalized spacial score (nSPS) is 9.56. The molecular weight excluding hydrogens is 203 g/mol. The van der Waals surface area contributed by atoms with Crippen molar-refractivity contribution in [2.24, 2.45) is 0 Å². The largest absolute Gasteiger partial charge is 0.260 e. The van der Waals surface area contributed by atoms with Crippen molar-refractivity contribution < 1.29 is 0 Å². The number of alkyl halides is 1. The van der Waals surface area contributed by atoms with Crippen LogP contribution >= 0.6 is 27.5 Å². The molecule has 1 aromatic heterocycles. The van der Waals surface area contributed by atoms with E-state index < -0.39 is 0 Å². The third-order valence-corrected chi connectivity index (χ3v) is 1.45. The Morgan fingerprint density at radius 2 is 2.33 bits per heavy atom. The van der Waals surface area contributed by atoms with E-state index in [2.05, 4.69) is 25.9 Å². The van der Waals surface area contributed by atoms with Crippen LogP contribution in [0.5, 0.6) is 0 Å². The fourth-order valence-electron chi connectivity index (χ4n) is 0.444. The van der Waals surface area contributed by atoms with E-state index in [0.29, 0.717) is 5.88 Å². The van der Waals surface area contributed by atoms with Crippen molar-refractivity contribution >= 4 is 27.5 Å². The Hall–Kier alpha value is -0.150. The van der Waals surface area contributed by atoms with Crippen molar-refractivity contribution in [3.63, 3.8) is 0 Å². The average molecular weight is 207 g/mol. The van der Waals surface area contributed by atoms with E-state index in [4.69, 9.17) is 11.6 Å². The van der Waals surface area contributed by atoms with Gasteiger partial charge in [0.05, 0.1) is 17.8 Å². The number of hydrogen-bond donors (Lipinski definition) is 0. The second kappa shape index (κ2) is 3.13. The van der Waals surface area contributed by atoms with Crippen molar-refractivity contribution in [3.05, 3.63) is 22.7 Å². The van der Waals surface area contributed by atoms with E-state index in [1.165, 1.54) is 0 Å². The fourth-order valence-corrected chi connectivity index (χ4v) is 0.919. The second-order valence-electron chi connectivity index (χ2n) is 1.47. The molecule has 1 aromatic rings. The third kappa shape index (κ3) is 1.91. The molecule has 0 spiro atoms. The van der Waals surface area contributed by atoms with Crippen LogP contribution in [0.1, 0.15) is 5.69 Å². The molecule has 0 aliphatic carbocycles. The Morgan fingerprint density at radius 3 is 2.78 bits per heavy atom. The maximum Gasteiger partial charge on any atom is 0.124 e. The number of aromatic nitrogens is 2. The number of nitrogens with zero attached hydrogens (tertiary/aromatic N) is 2. The molecule has 0 aromatic carbocycles. The molecule has 0 saturated heterocycles. The van der Waals surface area contributed by atoms with Gasteiger partial charge in [0.15, 0.2) is 0 Å². The summed E-state index contributed by atoms with van der Waals surface area (Å²) in [7, 11) is 0. The van der Waals surface area contributed by atoms with Gasteiger partial charge < -0.3 is 0 Å². The first-order valence-electron chi connectivity index (χ1n) is 2.35. The summed E-state index contributed by atoms with van der Waals surface area (Å²) in [5.74, 6) is 0.409. The summed E-state index contributed by atoms with van der Waals surface area (Å²) < 4.78 is 0.723. The van der Waals surface area contributed by atoms with E-state index in [0.717, 1.165) is 10.3 Å². The highest BCUT2D eigenvalue weighted by atomic mass is 79.9. The quantitative estimate of drug-likeness (QED) is 0.658. The first kappa shape index (κ1) is 6.96. The Labute approximate surface area is 66.4 Å². The average Bonchev–Trinajstić information content (AvgIpc) is 1.88. The zero-order chi connectivity index (χ0) is 6.69. The predicted molar refractivity (Wildman–Crippen MR) is 39.3 cm³/mol. The molecule has 0 N–H and O–H groups in total. The highest BCUT2D eigenvalue weighted by molar-refractivity contribution is 9.10. The summed E-state index contributed by atoms with van der Waals surface area (Å²) in [5.41, 5.74) is 0.783. The standard InChI is InChI=1S/C5H4BrClN2/c6-5-3-8-2-4(1-7)9-5/h2-3H,1H2. The molecule has 4 heteroatoms. The highest BCUT2D eigenvalue weighted by Crippen LogP contribution is 2.04. The smallest absolute Gasteiger partial charge is 0.124 e. The Balaban J connectivity index is 2.94. The van der Waals surface area contributed by atoms with Crippen LogP contribution in [0.3, 0.4) is 0 Å². The van der Waals surface area contributed by atoms with E-state index >= 15 is 0 Å². The fraction of sp³-hybridized carbons (Fsp3) is 0.200. The molecule has 0 aliphatic heterocycles. The van der Waals surface area contributed by atoms with Crippen molar-refractivity contribution in [3.8, 4) is 0 Å². The van der Waals surface area contributed by atoms with Crippen LogP contribution in [0.4, 0.5) is 0 Å². The molecular formula is C5H4BrClN2. The summed E-state index contributed by atoms with van der Waals surface area (Å²) in [6, 6.07) is 0. The van der Waals surface area contributed by atoms with Crippen molar-refractivity contribution in [2.45, 2.75) is 5.88 Å². The van der Waals surface area contributed by atoms with E-state index in [1.54, 1.807) is 12.4 Å². The van der Waals surface area contributed by atoms with Gasteiger partial charge in [-0.2, -0.15) is 0 Å². The van der Waals surface area contributed by atoms with E-state index in [-0.39, 0.29) is 0 Å². The minimum Gasteiger partial charge on any atom is -0.260 e. The summed E-state index contributed by atoms with van der Waals surface area (Å²) in [6.07, 6.45) is 3.26. The lowest BCUT2D eigenvalue weighted by molar-refractivity contribution is 1.07. The van der Waals surface area contributed by atoms with Gasteiger partial charge in [-0.15, -0.1) is 11.6 Å². The van der Waals surface area contributed by atoms with Gasteiger partial charge in [-0.25, -0.2) is 4.98 Å². The molecule has 0 bridgehead atoms. The molecule has 0 radical (unpaired) electrons. The van der Waals surface area contributed by atoms with Crippen LogP contribution in [0.25, 0.3) is 0 Å². The number of halogens is 2. The molecule has 0 unspecified atom stereocenters.